The first-order valence-electron chi connectivity index (χ1n) is 4.37. The van der Waals surface area contributed by atoms with E-state index in [-0.39, 0.29) is 6.42 Å². The molecule has 0 spiro atoms. The Balaban J connectivity index is 0. The van der Waals surface area contributed by atoms with E-state index in [4.69, 9.17) is 30.6 Å². The van der Waals surface area contributed by atoms with Gasteiger partial charge in [-0.3, -0.25) is 0 Å². The van der Waals surface area contributed by atoms with Gasteiger partial charge < -0.3 is 30.6 Å². The Bertz CT molecular complexity index is 256. The molecule has 0 aromatic rings. The van der Waals surface area contributed by atoms with Gasteiger partial charge >= 0.3 is 17.9 Å². The lowest BCUT2D eigenvalue weighted by molar-refractivity contribution is -0.165. The molecule has 17 heavy (non-hydrogen) atoms. The quantitative estimate of drug-likeness (QED) is 0.316. The molecule has 0 aromatic heterocycles. The Kier molecular flexibility index (Phi) is 8.78. The number of carboxylic acids is 3. The van der Waals surface area contributed by atoms with Crippen molar-refractivity contribution in [3.8, 4) is 0 Å². The number of aliphatic hydroxyl groups excluding tert-OH is 3. The number of carboxylic acid groups (broad SMARTS) is 3. The van der Waals surface area contributed by atoms with Crippen LogP contribution in [0.2, 0.25) is 0 Å². The molecule has 9 heteroatoms. The van der Waals surface area contributed by atoms with E-state index in [1.807, 2.05) is 0 Å². The second-order valence-corrected chi connectivity index (χ2v) is 2.83. The first-order valence-corrected chi connectivity index (χ1v) is 4.37. The fourth-order valence-corrected chi connectivity index (χ4v) is 0.445. The zero-order valence-corrected chi connectivity index (χ0v) is 8.85. The van der Waals surface area contributed by atoms with Gasteiger partial charge in [0.25, 0.3) is 0 Å². The molecule has 3 unspecified atom stereocenters. The fourth-order valence-electron chi connectivity index (χ4n) is 0.445. The molecule has 0 aliphatic heterocycles. The molecule has 0 bridgehead atoms. The van der Waals surface area contributed by atoms with Crippen molar-refractivity contribution >= 4 is 17.9 Å². The average Bonchev–Trinajstić information content (AvgIpc) is 2.26. The van der Waals surface area contributed by atoms with Gasteiger partial charge in [-0.2, -0.15) is 0 Å². The normalized spacial score (nSPS) is 14.8. The molecule has 0 saturated heterocycles. The van der Waals surface area contributed by atoms with Crippen LogP contribution < -0.4 is 0 Å². The van der Waals surface area contributed by atoms with Crippen LogP contribution in [0.3, 0.4) is 0 Å². The number of hydrogen-bond donors (Lipinski definition) is 6. The van der Waals surface area contributed by atoms with Crippen LogP contribution in [0.4, 0.5) is 0 Å². The summed E-state index contributed by atoms with van der Waals surface area (Å²) in [5.41, 5.74) is 0. The van der Waals surface area contributed by atoms with Crippen molar-refractivity contribution in [2.45, 2.75) is 31.7 Å². The number of hydrogen-bond acceptors (Lipinski definition) is 6. The summed E-state index contributed by atoms with van der Waals surface area (Å²) in [5, 5.41) is 48.8. The summed E-state index contributed by atoms with van der Waals surface area (Å²) >= 11 is 0. The van der Waals surface area contributed by atoms with Crippen LogP contribution in [-0.4, -0.2) is 66.9 Å². The van der Waals surface area contributed by atoms with E-state index in [2.05, 4.69) is 0 Å². The van der Waals surface area contributed by atoms with Crippen LogP contribution >= 0.6 is 0 Å². The molecule has 100 valence electrons. The molecule has 0 rings (SSSR count). The largest absolute Gasteiger partial charge is 0.479 e. The zero-order valence-electron chi connectivity index (χ0n) is 8.85. The van der Waals surface area contributed by atoms with Crippen LogP contribution in [-0.2, 0) is 14.4 Å². The Morgan fingerprint density at radius 3 is 1.18 bits per heavy atom. The van der Waals surface area contributed by atoms with Gasteiger partial charge in [0.1, 0.15) is 0 Å². The van der Waals surface area contributed by atoms with E-state index >= 15 is 0 Å². The fraction of sp³-hybridized carbons (Fsp3) is 0.625. The highest BCUT2D eigenvalue weighted by molar-refractivity contribution is 5.83. The van der Waals surface area contributed by atoms with Crippen LogP contribution in [0.1, 0.15) is 13.3 Å². The van der Waals surface area contributed by atoms with Crippen molar-refractivity contribution in [1.29, 1.82) is 0 Å². The highest BCUT2D eigenvalue weighted by Gasteiger charge is 2.29. The Morgan fingerprint density at radius 2 is 1.12 bits per heavy atom. The van der Waals surface area contributed by atoms with Gasteiger partial charge in [-0.05, 0) is 6.42 Å². The second-order valence-electron chi connectivity index (χ2n) is 2.83. The SMILES string of the molecule is CCC(O)C(=O)O.O=C(O)C(O)C(O)C(=O)O. The van der Waals surface area contributed by atoms with Gasteiger partial charge in [-0.1, -0.05) is 6.92 Å². The highest BCUT2D eigenvalue weighted by Crippen LogP contribution is 1.92. The van der Waals surface area contributed by atoms with Gasteiger partial charge in [0, 0.05) is 0 Å². The summed E-state index contributed by atoms with van der Waals surface area (Å²) in [6.45, 7) is 1.61. The van der Waals surface area contributed by atoms with Crippen molar-refractivity contribution in [1.82, 2.24) is 0 Å². The van der Waals surface area contributed by atoms with E-state index in [1.165, 1.54) is 0 Å². The van der Waals surface area contributed by atoms with Crippen molar-refractivity contribution < 1.29 is 45.0 Å². The summed E-state index contributed by atoms with van der Waals surface area (Å²) in [5.74, 6) is -4.69. The van der Waals surface area contributed by atoms with Crippen LogP contribution in [0.15, 0.2) is 0 Å². The molecule has 0 saturated carbocycles. The third-order valence-electron chi connectivity index (χ3n) is 1.48. The molecule has 0 aliphatic rings. The predicted molar refractivity (Wildman–Crippen MR) is 51.2 cm³/mol. The predicted octanol–water partition coefficient (Wildman–Crippen LogP) is -2.28. The molecule has 6 N–H and O–H groups in total. The minimum atomic E-state index is -2.27. The van der Waals surface area contributed by atoms with E-state index in [0.717, 1.165) is 0 Å². The van der Waals surface area contributed by atoms with Gasteiger partial charge in [0.2, 0.25) is 0 Å². The van der Waals surface area contributed by atoms with Crippen LogP contribution in [0.25, 0.3) is 0 Å². The first kappa shape index (κ1) is 17.7. The summed E-state index contributed by atoms with van der Waals surface area (Å²) < 4.78 is 0. The summed E-state index contributed by atoms with van der Waals surface area (Å²) in [7, 11) is 0. The molecule has 0 heterocycles. The number of aliphatic hydroxyl groups is 3. The van der Waals surface area contributed by atoms with E-state index in [0.29, 0.717) is 0 Å². The lowest BCUT2D eigenvalue weighted by Crippen LogP contribution is -2.39. The van der Waals surface area contributed by atoms with Crippen molar-refractivity contribution in [2.24, 2.45) is 0 Å². The van der Waals surface area contributed by atoms with Gasteiger partial charge in [-0.25, -0.2) is 14.4 Å². The molecular formula is C8H14O9. The van der Waals surface area contributed by atoms with Crippen LogP contribution in [0, 0.1) is 0 Å². The zero-order chi connectivity index (χ0) is 14.2. The lowest BCUT2D eigenvalue weighted by Gasteiger charge is -2.07. The number of aliphatic carboxylic acids is 3. The number of rotatable bonds is 5. The van der Waals surface area contributed by atoms with Crippen molar-refractivity contribution in [3.05, 3.63) is 0 Å². The van der Waals surface area contributed by atoms with E-state index < -0.39 is 36.2 Å². The summed E-state index contributed by atoms with van der Waals surface area (Å²) in [6, 6.07) is 0. The standard InChI is InChI=1S/C4H6O6.C4H8O3/c5-1(3(7)8)2(6)4(9)10;1-2-3(5)4(6)7/h1-2,5-6H,(H,7,8)(H,9,10);3,5H,2H2,1H3,(H,6,7). The van der Waals surface area contributed by atoms with Gasteiger partial charge in [0.05, 0.1) is 0 Å². The topological polar surface area (TPSA) is 173 Å². The van der Waals surface area contributed by atoms with Crippen LogP contribution in [0.5, 0.6) is 0 Å². The minimum absolute atomic E-state index is 0.273. The molecule has 0 radical (unpaired) electrons. The minimum Gasteiger partial charge on any atom is -0.479 e. The maximum atomic E-state index is 9.77. The molecule has 3 atom stereocenters. The average molecular weight is 254 g/mol. The Hall–Kier alpha value is -1.71. The third kappa shape index (κ3) is 8.13. The van der Waals surface area contributed by atoms with Crippen molar-refractivity contribution in [2.75, 3.05) is 0 Å². The Labute approximate surface area is 95.5 Å². The molecule has 0 amide bonds. The molecule has 0 fully saturated rings. The van der Waals surface area contributed by atoms with Gasteiger partial charge in [0.15, 0.2) is 18.3 Å². The maximum Gasteiger partial charge on any atom is 0.335 e. The lowest BCUT2D eigenvalue weighted by atomic mass is 10.2. The van der Waals surface area contributed by atoms with Gasteiger partial charge in [-0.15, -0.1) is 0 Å². The smallest absolute Gasteiger partial charge is 0.335 e. The molecular weight excluding hydrogens is 240 g/mol. The molecule has 0 aliphatic carbocycles. The third-order valence-corrected chi connectivity index (χ3v) is 1.48. The second kappa shape index (κ2) is 8.44. The first-order chi connectivity index (χ1) is 7.64. The van der Waals surface area contributed by atoms with E-state index in [1.54, 1.807) is 6.92 Å². The van der Waals surface area contributed by atoms with Crippen molar-refractivity contribution in [3.63, 3.8) is 0 Å². The monoisotopic (exact) mass is 254 g/mol. The Morgan fingerprint density at radius 1 is 0.824 bits per heavy atom. The van der Waals surface area contributed by atoms with E-state index in [9.17, 15) is 14.4 Å². The number of carbonyl (C=O) groups is 3. The maximum absolute atomic E-state index is 9.77. The summed E-state index contributed by atoms with van der Waals surface area (Å²) in [6.07, 6.45) is -5.44. The summed E-state index contributed by atoms with van der Waals surface area (Å²) in [4.78, 5) is 29.2. The highest BCUT2D eigenvalue weighted by atomic mass is 16.4. The molecule has 9 nitrogen and oxygen atoms in total. The molecule has 0 aromatic carbocycles.